The van der Waals surface area contributed by atoms with Crippen molar-refractivity contribution in [1.82, 2.24) is 9.80 Å². The van der Waals surface area contributed by atoms with Gasteiger partial charge in [-0.1, -0.05) is 0 Å². The molecule has 0 radical (unpaired) electrons. The summed E-state index contributed by atoms with van der Waals surface area (Å²) in [6, 6.07) is 0. The lowest BCUT2D eigenvalue weighted by Crippen LogP contribution is -2.39. The molecule has 0 spiro atoms. The van der Waals surface area contributed by atoms with Crippen LogP contribution in [0.15, 0.2) is 0 Å². The lowest BCUT2D eigenvalue weighted by atomic mass is 10.3. The summed E-state index contributed by atoms with van der Waals surface area (Å²) in [6.45, 7) is 1.72. The standard InChI is InChI=1S/C11H22N2O4/c1-12(2)7-8-13(10(14)9-16-3)6-5-11(15)17-4/h5-9H2,1-4H3. The van der Waals surface area contributed by atoms with Crippen LogP contribution in [0.2, 0.25) is 0 Å². The van der Waals surface area contributed by atoms with E-state index in [1.165, 1.54) is 14.2 Å². The zero-order chi connectivity index (χ0) is 13.3. The first kappa shape index (κ1) is 15.9. The average molecular weight is 246 g/mol. The SMILES string of the molecule is COCC(=O)N(CCC(=O)OC)CCN(C)C. The number of amides is 1. The number of rotatable bonds is 8. The van der Waals surface area contributed by atoms with Gasteiger partial charge in [0.2, 0.25) is 5.91 Å². The molecule has 0 unspecified atom stereocenters. The molecule has 1 amide bonds. The Kier molecular flexibility index (Phi) is 8.35. The van der Waals surface area contributed by atoms with Gasteiger partial charge in [0.15, 0.2) is 0 Å². The van der Waals surface area contributed by atoms with Gasteiger partial charge in [0.25, 0.3) is 0 Å². The summed E-state index contributed by atoms with van der Waals surface area (Å²) in [7, 11) is 6.67. The minimum Gasteiger partial charge on any atom is -0.469 e. The number of carbonyl (C=O) groups is 2. The van der Waals surface area contributed by atoms with Crippen LogP contribution in [-0.4, -0.2) is 76.2 Å². The van der Waals surface area contributed by atoms with Crippen molar-refractivity contribution in [2.24, 2.45) is 0 Å². The molecule has 0 aromatic carbocycles. The highest BCUT2D eigenvalue weighted by Crippen LogP contribution is 1.96. The number of hydrogen-bond acceptors (Lipinski definition) is 5. The lowest BCUT2D eigenvalue weighted by Gasteiger charge is -2.23. The monoisotopic (exact) mass is 246 g/mol. The number of ether oxygens (including phenoxy) is 2. The van der Waals surface area contributed by atoms with Crippen molar-refractivity contribution in [3.63, 3.8) is 0 Å². The molecule has 0 aromatic heterocycles. The van der Waals surface area contributed by atoms with Crippen LogP contribution in [0.1, 0.15) is 6.42 Å². The summed E-state index contributed by atoms with van der Waals surface area (Å²) in [6.07, 6.45) is 0.208. The fraction of sp³-hybridized carbons (Fsp3) is 0.818. The van der Waals surface area contributed by atoms with Gasteiger partial charge in [0, 0.05) is 26.7 Å². The topological polar surface area (TPSA) is 59.1 Å². The molecule has 0 aliphatic heterocycles. The molecule has 17 heavy (non-hydrogen) atoms. The number of esters is 1. The third-order valence-corrected chi connectivity index (χ3v) is 2.25. The Labute approximate surface area is 102 Å². The van der Waals surface area contributed by atoms with Gasteiger partial charge in [-0.2, -0.15) is 0 Å². The Balaban J connectivity index is 4.19. The fourth-order valence-electron chi connectivity index (χ4n) is 1.22. The molecule has 0 aromatic rings. The number of hydrogen-bond donors (Lipinski definition) is 0. The largest absolute Gasteiger partial charge is 0.469 e. The fourth-order valence-corrected chi connectivity index (χ4v) is 1.22. The van der Waals surface area contributed by atoms with Crippen LogP contribution in [0.5, 0.6) is 0 Å². The van der Waals surface area contributed by atoms with Crippen molar-refractivity contribution < 1.29 is 19.1 Å². The van der Waals surface area contributed by atoms with Gasteiger partial charge >= 0.3 is 5.97 Å². The van der Waals surface area contributed by atoms with Crippen molar-refractivity contribution in [2.45, 2.75) is 6.42 Å². The summed E-state index contributed by atoms with van der Waals surface area (Å²) >= 11 is 0. The van der Waals surface area contributed by atoms with Gasteiger partial charge in [0.05, 0.1) is 13.5 Å². The quantitative estimate of drug-likeness (QED) is 0.545. The zero-order valence-electron chi connectivity index (χ0n) is 11.1. The van der Waals surface area contributed by atoms with Crippen molar-refractivity contribution >= 4 is 11.9 Å². The van der Waals surface area contributed by atoms with Crippen LogP contribution in [0.4, 0.5) is 0 Å². The predicted molar refractivity (Wildman–Crippen MR) is 63.6 cm³/mol. The van der Waals surface area contributed by atoms with Gasteiger partial charge in [-0.15, -0.1) is 0 Å². The first-order valence-corrected chi connectivity index (χ1v) is 5.49. The number of likely N-dealkylation sites (N-methyl/N-ethyl adjacent to an activating group) is 1. The minimum absolute atomic E-state index is 0.0363. The van der Waals surface area contributed by atoms with E-state index in [-0.39, 0.29) is 24.9 Å². The summed E-state index contributed by atoms with van der Waals surface area (Å²) < 4.78 is 9.35. The highest BCUT2D eigenvalue weighted by Gasteiger charge is 2.14. The maximum atomic E-state index is 11.7. The van der Waals surface area contributed by atoms with Crippen molar-refractivity contribution in [3.8, 4) is 0 Å². The van der Waals surface area contributed by atoms with Crippen LogP contribution < -0.4 is 0 Å². The van der Waals surface area contributed by atoms with Crippen LogP contribution >= 0.6 is 0 Å². The molecule has 6 heteroatoms. The summed E-state index contributed by atoms with van der Waals surface area (Å²) in [5.41, 5.74) is 0. The van der Waals surface area contributed by atoms with E-state index in [1.54, 1.807) is 4.90 Å². The first-order chi connectivity index (χ1) is 8.01. The molecule has 0 rings (SSSR count). The van der Waals surface area contributed by atoms with E-state index in [1.807, 2.05) is 19.0 Å². The molecule has 0 saturated heterocycles. The van der Waals surface area contributed by atoms with Gasteiger partial charge in [0.1, 0.15) is 6.61 Å². The molecule has 0 aliphatic rings. The highest BCUT2D eigenvalue weighted by atomic mass is 16.5. The van der Waals surface area contributed by atoms with Crippen LogP contribution in [0.3, 0.4) is 0 Å². The van der Waals surface area contributed by atoms with Gasteiger partial charge in [-0.25, -0.2) is 0 Å². The van der Waals surface area contributed by atoms with E-state index in [2.05, 4.69) is 4.74 Å². The Morgan fingerprint density at radius 1 is 1.06 bits per heavy atom. The average Bonchev–Trinajstić information content (AvgIpc) is 2.28. The molecule has 0 saturated carbocycles. The molecule has 6 nitrogen and oxygen atoms in total. The molecule has 0 aliphatic carbocycles. The smallest absolute Gasteiger partial charge is 0.307 e. The Morgan fingerprint density at radius 3 is 2.18 bits per heavy atom. The van der Waals surface area contributed by atoms with Crippen LogP contribution in [-0.2, 0) is 19.1 Å². The van der Waals surface area contributed by atoms with E-state index in [0.717, 1.165) is 6.54 Å². The molecule has 0 atom stereocenters. The number of carbonyl (C=O) groups excluding carboxylic acids is 2. The normalized spacial score (nSPS) is 10.4. The minimum atomic E-state index is -0.315. The third kappa shape index (κ3) is 7.70. The second-order valence-electron chi connectivity index (χ2n) is 3.94. The first-order valence-electron chi connectivity index (χ1n) is 5.49. The molecule has 0 bridgehead atoms. The van der Waals surface area contributed by atoms with Crippen LogP contribution in [0.25, 0.3) is 0 Å². The molecule has 0 heterocycles. The van der Waals surface area contributed by atoms with Gasteiger partial charge < -0.3 is 19.3 Å². The molecular weight excluding hydrogens is 224 g/mol. The van der Waals surface area contributed by atoms with E-state index in [9.17, 15) is 9.59 Å². The maximum absolute atomic E-state index is 11.7. The van der Waals surface area contributed by atoms with Crippen molar-refractivity contribution in [1.29, 1.82) is 0 Å². The van der Waals surface area contributed by atoms with Crippen LogP contribution in [0, 0.1) is 0 Å². The summed E-state index contributed by atoms with van der Waals surface area (Å²) in [5, 5.41) is 0. The van der Waals surface area contributed by atoms with Gasteiger partial charge in [-0.05, 0) is 14.1 Å². The maximum Gasteiger partial charge on any atom is 0.307 e. The second-order valence-corrected chi connectivity index (χ2v) is 3.94. The lowest BCUT2D eigenvalue weighted by molar-refractivity contribution is -0.142. The third-order valence-electron chi connectivity index (χ3n) is 2.25. The molecular formula is C11H22N2O4. The summed E-state index contributed by atoms with van der Waals surface area (Å²) in [5.74, 6) is -0.427. The highest BCUT2D eigenvalue weighted by molar-refractivity contribution is 5.78. The Morgan fingerprint density at radius 2 is 1.71 bits per heavy atom. The Hall–Kier alpha value is -1.14. The second kappa shape index (κ2) is 8.95. The predicted octanol–water partition coefficient (Wildman–Crippen LogP) is -0.414. The molecule has 100 valence electrons. The van der Waals surface area contributed by atoms with E-state index < -0.39 is 0 Å². The Bertz CT molecular complexity index is 244. The number of methoxy groups -OCH3 is 2. The van der Waals surface area contributed by atoms with E-state index in [4.69, 9.17) is 4.74 Å². The summed E-state index contributed by atoms with van der Waals surface area (Å²) in [4.78, 5) is 26.3. The number of nitrogens with zero attached hydrogens (tertiary/aromatic N) is 2. The molecule has 0 N–H and O–H groups in total. The van der Waals surface area contributed by atoms with Crippen molar-refractivity contribution in [2.75, 3.05) is 54.6 Å². The molecule has 0 fully saturated rings. The van der Waals surface area contributed by atoms with E-state index in [0.29, 0.717) is 13.1 Å². The van der Waals surface area contributed by atoms with Gasteiger partial charge in [-0.3, -0.25) is 9.59 Å². The van der Waals surface area contributed by atoms with Crippen molar-refractivity contribution in [3.05, 3.63) is 0 Å². The van der Waals surface area contributed by atoms with E-state index >= 15 is 0 Å². The zero-order valence-corrected chi connectivity index (χ0v) is 11.1.